The highest BCUT2D eigenvalue weighted by atomic mass is 32.2. The normalized spacial score (nSPS) is 14.3. The number of nitrogens with one attached hydrogen (secondary N) is 1. The number of aryl methyl sites for hydroxylation is 1. The number of pyridine rings is 1. The standard InChI is InChI=1S/C15H16N2O3S/c18-21(19,14-4-1-7-16-11-14)17-10-12-5-6-15-13(9-12)3-2-8-20-15/h1,4-7,9,11,17H,2-3,8,10H2. The molecule has 2 heterocycles. The van der Waals surface area contributed by atoms with Gasteiger partial charge in [0.1, 0.15) is 10.6 Å². The van der Waals surface area contributed by atoms with Crippen LogP contribution in [-0.4, -0.2) is 20.0 Å². The van der Waals surface area contributed by atoms with Crippen LogP contribution in [0.15, 0.2) is 47.6 Å². The van der Waals surface area contributed by atoms with Gasteiger partial charge in [0.25, 0.3) is 0 Å². The van der Waals surface area contributed by atoms with E-state index in [1.165, 1.54) is 12.3 Å². The molecule has 0 unspecified atom stereocenters. The first kappa shape index (κ1) is 14.0. The minimum Gasteiger partial charge on any atom is -0.493 e. The van der Waals surface area contributed by atoms with E-state index in [-0.39, 0.29) is 11.4 Å². The molecule has 1 aromatic carbocycles. The number of nitrogens with zero attached hydrogens (tertiary/aromatic N) is 1. The summed E-state index contributed by atoms with van der Waals surface area (Å²) >= 11 is 0. The maximum absolute atomic E-state index is 12.1. The topological polar surface area (TPSA) is 68.3 Å². The molecule has 1 N–H and O–H groups in total. The highest BCUT2D eigenvalue weighted by Gasteiger charge is 2.15. The van der Waals surface area contributed by atoms with Gasteiger partial charge < -0.3 is 4.74 Å². The van der Waals surface area contributed by atoms with Gasteiger partial charge in [-0.05, 0) is 42.2 Å². The second kappa shape index (κ2) is 5.83. The zero-order valence-electron chi connectivity index (χ0n) is 11.5. The van der Waals surface area contributed by atoms with Crippen molar-refractivity contribution in [3.63, 3.8) is 0 Å². The third-order valence-electron chi connectivity index (χ3n) is 3.38. The molecule has 2 aromatic rings. The monoisotopic (exact) mass is 304 g/mol. The number of sulfonamides is 1. The van der Waals surface area contributed by atoms with E-state index in [2.05, 4.69) is 9.71 Å². The second-order valence-corrected chi connectivity index (χ2v) is 6.67. The quantitative estimate of drug-likeness (QED) is 0.936. The van der Waals surface area contributed by atoms with Crippen molar-refractivity contribution in [2.24, 2.45) is 0 Å². The highest BCUT2D eigenvalue weighted by molar-refractivity contribution is 7.89. The third-order valence-corrected chi connectivity index (χ3v) is 4.77. The molecule has 1 aliphatic rings. The first-order valence-corrected chi connectivity index (χ1v) is 8.28. The van der Waals surface area contributed by atoms with Crippen LogP contribution in [0.3, 0.4) is 0 Å². The molecule has 5 nitrogen and oxygen atoms in total. The van der Waals surface area contributed by atoms with Crippen molar-refractivity contribution in [3.8, 4) is 5.75 Å². The summed E-state index contributed by atoms with van der Waals surface area (Å²) in [4.78, 5) is 4.00. The van der Waals surface area contributed by atoms with E-state index in [1.807, 2.05) is 18.2 Å². The fourth-order valence-corrected chi connectivity index (χ4v) is 3.27. The number of benzene rings is 1. The summed E-state index contributed by atoms with van der Waals surface area (Å²) in [6.07, 6.45) is 4.85. The van der Waals surface area contributed by atoms with Crippen LogP contribution in [0.25, 0.3) is 0 Å². The van der Waals surface area contributed by atoms with E-state index in [9.17, 15) is 8.42 Å². The van der Waals surface area contributed by atoms with Crippen LogP contribution in [-0.2, 0) is 23.0 Å². The molecule has 0 fully saturated rings. The first-order chi connectivity index (χ1) is 10.1. The lowest BCUT2D eigenvalue weighted by atomic mass is 10.0. The highest BCUT2D eigenvalue weighted by Crippen LogP contribution is 2.25. The molecule has 0 bridgehead atoms. The fraction of sp³-hybridized carbons (Fsp3) is 0.267. The van der Waals surface area contributed by atoms with E-state index < -0.39 is 10.0 Å². The van der Waals surface area contributed by atoms with E-state index in [0.29, 0.717) is 0 Å². The van der Waals surface area contributed by atoms with Crippen molar-refractivity contribution in [2.75, 3.05) is 6.61 Å². The smallest absolute Gasteiger partial charge is 0.242 e. The Bertz CT molecular complexity index is 730. The van der Waals surface area contributed by atoms with Gasteiger partial charge in [0.05, 0.1) is 6.61 Å². The largest absolute Gasteiger partial charge is 0.493 e. The molecule has 21 heavy (non-hydrogen) atoms. The average Bonchev–Trinajstić information content (AvgIpc) is 2.54. The number of hydrogen-bond acceptors (Lipinski definition) is 4. The van der Waals surface area contributed by atoms with Gasteiger partial charge >= 0.3 is 0 Å². The Labute approximate surface area is 124 Å². The fourth-order valence-electron chi connectivity index (χ4n) is 2.29. The summed E-state index contributed by atoms with van der Waals surface area (Å²) in [5.41, 5.74) is 2.06. The van der Waals surface area contributed by atoms with Crippen LogP contribution in [0.5, 0.6) is 5.75 Å². The average molecular weight is 304 g/mol. The van der Waals surface area contributed by atoms with Gasteiger partial charge in [0, 0.05) is 18.9 Å². The summed E-state index contributed by atoms with van der Waals surface area (Å²) in [7, 11) is -3.52. The van der Waals surface area contributed by atoms with E-state index in [1.54, 1.807) is 12.3 Å². The second-order valence-electron chi connectivity index (χ2n) is 4.91. The van der Waals surface area contributed by atoms with Gasteiger partial charge in [-0.2, -0.15) is 0 Å². The molecule has 110 valence electrons. The van der Waals surface area contributed by atoms with Crippen molar-refractivity contribution in [1.29, 1.82) is 0 Å². The Morgan fingerprint density at radius 1 is 1.29 bits per heavy atom. The van der Waals surface area contributed by atoms with E-state index in [0.717, 1.165) is 36.3 Å². The minimum absolute atomic E-state index is 0.172. The predicted octanol–water partition coefficient (Wildman–Crippen LogP) is 1.89. The number of aromatic nitrogens is 1. The molecule has 0 aliphatic carbocycles. The van der Waals surface area contributed by atoms with E-state index in [4.69, 9.17) is 4.74 Å². The Hall–Kier alpha value is -1.92. The number of ether oxygens (including phenoxy) is 1. The Kier molecular flexibility index (Phi) is 3.90. The molecule has 3 rings (SSSR count). The summed E-state index contributed by atoms with van der Waals surface area (Å²) in [6.45, 7) is 1.00. The molecule has 0 saturated carbocycles. The summed E-state index contributed by atoms with van der Waals surface area (Å²) < 4.78 is 32.4. The molecule has 1 aromatic heterocycles. The van der Waals surface area contributed by atoms with Gasteiger partial charge in [-0.1, -0.05) is 12.1 Å². The molecule has 0 amide bonds. The van der Waals surface area contributed by atoms with Gasteiger partial charge in [0.15, 0.2) is 0 Å². The zero-order chi connectivity index (χ0) is 14.7. The molecule has 0 atom stereocenters. The molecule has 0 spiro atoms. The van der Waals surface area contributed by atoms with Crippen LogP contribution < -0.4 is 9.46 Å². The van der Waals surface area contributed by atoms with Crippen molar-refractivity contribution in [2.45, 2.75) is 24.3 Å². The summed E-state index contributed by atoms with van der Waals surface area (Å²) in [5.74, 6) is 0.903. The van der Waals surface area contributed by atoms with Crippen molar-refractivity contribution >= 4 is 10.0 Å². The lowest BCUT2D eigenvalue weighted by Gasteiger charge is -2.18. The third kappa shape index (κ3) is 3.22. The SMILES string of the molecule is O=S(=O)(NCc1ccc2c(c1)CCCO2)c1cccnc1. The van der Waals surface area contributed by atoms with Crippen molar-refractivity contribution in [3.05, 3.63) is 53.9 Å². The molecule has 1 aliphatic heterocycles. The van der Waals surface area contributed by atoms with Gasteiger partial charge in [-0.15, -0.1) is 0 Å². The lowest BCUT2D eigenvalue weighted by Crippen LogP contribution is -2.23. The number of hydrogen-bond donors (Lipinski definition) is 1. The predicted molar refractivity (Wildman–Crippen MR) is 78.5 cm³/mol. The zero-order valence-corrected chi connectivity index (χ0v) is 12.3. The maximum Gasteiger partial charge on any atom is 0.242 e. The van der Waals surface area contributed by atoms with Crippen LogP contribution >= 0.6 is 0 Å². The minimum atomic E-state index is -3.52. The molecular formula is C15H16N2O3S. The van der Waals surface area contributed by atoms with Gasteiger partial charge in [0.2, 0.25) is 10.0 Å². The molecule has 0 radical (unpaired) electrons. The van der Waals surface area contributed by atoms with Crippen molar-refractivity contribution in [1.82, 2.24) is 9.71 Å². The van der Waals surface area contributed by atoms with Crippen LogP contribution in [0, 0.1) is 0 Å². The molecule has 0 saturated heterocycles. The lowest BCUT2D eigenvalue weighted by molar-refractivity contribution is 0.288. The van der Waals surface area contributed by atoms with E-state index >= 15 is 0 Å². The van der Waals surface area contributed by atoms with Crippen LogP contribution in [0.2, 0.25) is 0 Å². The Morgan fingerprint density at radius 3 is 3.00 bits per heavy atom. The number of fused-ring (bicyclic) bond motifs is 1. The van der Waals surface area contributed by atoms with Gasteiger partial charge in [-0.3, -0.25) is 4.98 Å². The molecule has 6 heteroatoms. The Balaban J connectivity index is 1.73. The van der Waals surface area contributed by atoms with Crippen LogP contribution in [0.1, 0.15) is 17.5 Å². The summed E-state index contributed by atoms with van der Waals surface area (Å²) in [5, 5.41) is 0. The van der Waals surface area contributed by atoms with Crippen molar-refractivity contribution < 1.29 is 13.2 Å². The number of rotatable bonds is 4. The molecular weight excluding hydrogens is 288 g/mol. The summed E-state index contributed by atoms with van der Waals surface area (Å²) in [6, 6.07) is 8.92. The van der Waals surface area contributed by atoms with Crippen LogP contribution in [0.4, 0.5) is 0 Å². The van der Waals surface area contributed by atoms with Gasteiger partial charge in [-0.25, -0.2) is 13.1 Å². The Morgan fingerprint density at radius 2 is 2.19 bits per heavy atom. The first-order valence-electron chi connectivity index (χ1n) is 6.79. The maximum atomic E-state index is 12.1.